The van der Waals surface area contributed by atoms with E-state index in [1.807, 2.05) is 30.0 Å². The highest BCUT2D eigenvalue weighted by Crippen LogP contribution is 2.22. The number of hydrogen-bond donors (Lipinski definition) is 1. The van der Waals surface area contributed by atoms with Crippen LogP contribution in [0, 0.1) is 5.92 Å². The third-order valence-corrected chi connectivity index (χ3v) is 4.30. The summed E-state index contributed by atoms with van der Waals surface area (Å²) >= 11 is 0. The average Bonchev–Trinajstić information content (AvgIpc) is 2.48. The molecule has 1 aromatic carbocycles. The van der Waals surface area contributed by atoms with Crippen LogP contribution in [-0.2, 0) is 16.0 Å². The van der Waals surface area contributed by atoms with Crippen LogP contribution in [0.3, 0.4) is 0 Å². The quantitative estimate of drug-likeness (QED) is 0.902. The summed E-state index contributed by atoms with van der Waals surface area (Å²) < 4.78 is 0. The molecular weight excluding hydrogens is 264 g/mol. The highest BCUT2D eigenvalue weighted by molar-refractivity contribution is 5.80. The van der Waals surface area contributed by atoms with Gasteiger partial charge in [-0.2, -0.15) is 0 Å². The number of primary amides is 1. The van der Waals surface area contributed by atoms with Gasteiger partial charge in [-0.25, -0.2) is 0 Å². The first-order chi connectivity index (χ1) is 10.1. The first-order valence-corrected chi connectivity index (χ1v) is 7.70. The van der Waals surface area contributed by atoms with Gasteiger partial charge in [-0.3, -0.25) is 9.59 Å². The monoisotopic (exact) mass is 288 g/mol. The van der Waals surface area contributed by atoms with Crippen LogP contribution in [0.5, 0.6) is 0 Å². The van der Waals surface area contributed by atoms with Gasteiger partial charge in [0.2, 0.25) is 11.8 Å². The summed E-state index contributed by atoms with van der Waals surface area (Å²) in [6, 6.07) is 10.4. The van der Waals surface area contributed by atoms with E-state index in [1.54, 1.807) is 0 Å². The summed E-state index contributed by atoms with van der Waals surface area (Å²) in [6.45, 7) is 2.53. The molecule has 0 aromatic heterocycles. The van der Waals surface area contributed by atoms with Crippen LogP contribution >= 0.6 is 0 Å². The molecule has 4 heteroatoms. The van der Waals surface area contributed by atoms with E-state index in [-0.39, 0.29) is 23.8 Å². The van der Waals surface area contributed by atoms with Gasteiger partial charge >= 0.3 is 0 Å². The van der Waals surface area contributed by atoms with Crippen molar-refractivity contribution >= 4 is 11.8 Å². The van der Waals surface area contributed by atoms with Gasteiger partial charge in [0, 0.05) is 19.0 Å². The minimum atomic E-state index is -0.288. The predicted octanol–water partition coefficient (Wildman–Crippen LogP) is 2.12. The third kappa shape index (κ3) is 4.31. The zero-order valence-electron chi connectivity index (χ0n) is 12.6. The zero-order valence-corrected chi connectivity index (χ0v) is 12.6. The number of nitrogens with two attached hydrogens (primary N) is 1. The first kappa shape index (κ1) is 15.5. The molecule has 0 saturated carbocycles. The molecule has 2 rings (SSSR count). The highest BCUT2D eigenvalue weighted by Gasteiger charge is 2.31. The summed E-state index contributed by atoms with van der Waals surface area (Å²) in [7, 11) is 0. The van der Waals surface area contributed by atoms with E-state index >= 15 is 0 Å². The number of amides is 2. The molecule has 21 heavy (non-hydrogen) atoms. The van der Waals surface area contributed by atoms with E-state index in [0.29, 0.717) is 13.0 Å². The van der Waals surface area contributed by atoms with Gasteiger partial charge in [0.25, 0.3) is 0 Å². The highest BCUT2D eigenvalue weighted by atomic mass is 16.2. The van der Waals surface area contributed by atoms with E-state index in [0.717, 1.165) is 25.7 Å². The largest absolute Gasteiger partial charge is 0.369 e. The maximum Gasteiger partial charge on any atom is 0.222 e. The Hall–Kier alpha value is -1.84. The molecule has 0 radical (unpaired) electrons. The minimum Gasteiger partial charge on any atom is -0.369 e. The summed E-state index contributed by atoms with van der Waals surface area (Å²) in [5.41, 5.74) is 6.63. The Balaban J connectivity index is 1.82. The van der Waals surface area contributed by atoms with Crippen LogP contribution < -0.4 is 5.73 Å². The number of likely N-dealkylation sites (tertiary alicyclic amines) is 1. The maximum atomic E-state index is 12.3. The number of hydrogen-bond acceptors (Lipinski definition) is 2. The van der Waals surface area contributed by atoms with Crippen molar-refractivity contribution < 1.29 is 9.59 Å². The SMILES string of the molecule is CC1CCC(C(N)=O)CN1C(=O)CCCc1ccccc1. The number of carbonyl (C=O) groups is 2. The van der Waals surface area contributed by atoms with Gasteiger partial charge in [-0.05, 0) is 38.2 Å². The molecule has 1 aromatic rings. The molecule has 0 aliphatic carbocycles. The van der Waals surface area contributed by atoms with Crippen LogP contribution in [0.2, 0.25) is 0 Å². The van der Waals surface area contributed by atoms with Crippen molar-refractivity contribution in [1.29, 1.82) is 0 Å². The van der Waals surface area contributed by atoms with E-state index < -0.39 is 0 Å². The third-order valence-electron chi connectivity index (χ3n) is 4.30. The van der Waals surface area contributed by atoms with E-state index in [1.165, 1.54) is 5.56 Å². The van der Waals surface area contributed by atoms with E-state index in [9.17, 15) is 9.59 Å². The molecule has 2 N–H and O–H groups in total. The molecule has 1 heterocycles. The van der Waals surface area contributed by atoms with Crippen LogP contribution in [0.15, 0.2) is 30.3 Å². The molecule has 1 aliphatic rings. The maximum absolute atomic E-state index is 12.3. The lowest BCUT2D eigenvalue weighted by Crippen LogP contribution is -2.48. The average molecular weight is 288 g/mol. The Morgan fingerprint density at radius 2 is 1.95 bits per heavy atom. The number of aryl methyl sites for hydroxylation is 1. The first-order valence-electron chi connectivity index (χ1n) is 7.70. The van der Waals surface area contributed by atoms with Gasteiger partial charge in [0.05, 0.1) is 5.92 Å². The van der Waals surface area contributed by atoms with Crippen molar-refractivity contribution in [2.24, 2.45) is 11.7 Å². The fourth-order valence-electron chi connectivity index (χ4n) is 2.92. The Kier molecular flexibility index (Phi) is 5.37. The fourth-order valence-corrected chi connectivity index (χ4v) is 2.92. The predicted molar refractivity (Wildman–Crippen MR) is 82.5 cm³/mol. The molecule has 2 amide bonds. The van der Waals surface area contributed by atoms with Gasteiger partial charge in [-0.1, -0.05) is 30.3 Å². The van der Waals surface area contributed by atoms with E-state index in [4.69, 9.17) is 5.73 Å². The van der Waals surface area contributed by atoms with Gasteiger partial charge in [-0.15, -0.1) is 0 Å². The lowest BCUT2D eigenvalue weighted by atomic mass is 9.92. The summed E-state index contributed by atoms with van der Waals surface area (Å²) in [4.78, 5) is 25.5. The second-order valence-electron chi connectivity index (χ2n) is 5.91. The molecule has 114 valence electrons. The molecule has 0 spiro atoms. The fraction of sp³-hybridized carbons (Fsp3) is 0.529. The molecule has 2 unspecified atom stereocenters. The lowest BCUT2D eigenvalue weighted by Gasteiger charge is -2.37. The normalized spacial score (nSPS) is 22.0. The second-order valence-corrected chi connectivity index (χ2v) is 5.91. The van der Waals surface area contributed by atoms with Crippen molar-refractivity contribution in [3.05, 3.63) is 35.9 Å². The van der Waals surface area contributed by atoms with Crippen molar-refractivity contribution in [2.75, 3.05) is 6.54 Å². The standard InChI is InChI=1S/C17H24N2O2/c1-13-10-11-15(17(18)21)12-19(13)16(20)9-5-8-14-6-3-2-4-7-14/h2-4,6-7,13,15H,5,8-12H2,1H3,(H2,18,21). The summed E-state index contributed by atoms with van der Waals surface area (Å²) in [5, 5.41) is 0. The van der Waals surface area contributed by atoms with Crippen molar-refractivity contribution in [3.8, 4) is 0 Å². The molecule has 4 nitrogen and oxygen atoms in total. The Bertz CT molecular complexity index is 487. The van der Waals surface area contributed by atoms with Gasteiger partial charge in [0.15, 0.2) is 0 Å². The minimum absolute atomic E-state index is 0.143. The second kappa shape index (κ2) is 7.25. The number of benzene rings is 1. The van der Waals surface area contributed by atoms with Gasteiger partial charge in [0.1, 0.15) is 0 Å². The van der Waals surface area contributed by atoms with Crippen molar-refractivity contribution in [3.63, 3.8) is 0 Å². The topological polar surface area (TPSA) is 63.4 Å². The summed E-state index contributed by atoms with van der Waals surface area (Å²) in [5.74, 6) is -0.326. The molecule has 1 aliphatic heterocycles. The van der Waals surface area contributed by atoms with Crippen LogP contribution in [0.1, 0.15) is 38.2 Å². The smallest absolute Gasteiger partial charge is 0.222 e. The molecule has 1 fully saturated rings. The van der Waals surface area contributed by atoms with Crippen molar-refractivity contribution in [2.45, 2.75) is 45.1 Å². The summed E-state index contributed by atoms with van der Waals surface area (Å²) in [6.07, 6.45) is 3.94. The van der Waals surface area contributed by atoms with Gasteiger partial charge < -0.3 is 10.6 Å². The molecule has 1 saturated heterocycles. The zero-order chi connectivity index (χ0) is 15.2. The number of carbonyl (C=O) groups excluding carboxylic acids is 2. The Labute approximate surface area is 126 Å². The Morgan fingerprint density at radius 1 is 1.24 bits per heavy atom. The number of piperidine rings is 1. The number of rotatable bonds is 5. The van der Waals surface area contributed by atoms with Crippen LogP contribution in [0.4, 0.5) is 0 Å². The van der Waals surface area contributed by atoms with Crippen molar-refractivity contribution in [1.82, 2.24) is 4.90 Å². The van der Waals surface area contributed by atoms with E-state index in [2.05, 4.69) is 12.1 Å². The Morgan fingerprint density at radius 3 is 2.62 bits per heavy atom. The number of nitrogens with zero attached hydrogens (tertiary/aromatic N) is 1. The van der Waals surface area contributed by atoms with Crippen LogP contribution in [0.25, 0.3) is 0 Å². The van der Waals surface area contributed by atoms with Crippen LogP contribution in [-0.4, -0.2) is 29.3 Å². The molecule has 2 atom stereocenters. The molecular formula is C17H24N2O2. The lowest BCUT2D eigenvalue weighted by molar-refractivity contribution is -0.137. The molecule has 0 bridgehead atoms.